The summed E-state index contributed by atoms with van der Waals surface area (Å²) in [7, 11) is 0. The van der Waals surface area contributed by atoms with Crippen molar-refractivity contribution in [3.63, 3.8) is 0 Å². The van der Waals surface area contributed by atoms with Crippen LogP contribution in [-0.4, -0.2) is 61.6 Å². The lowest BCUT2D eigenvalue weighted by Crippen LogP contribution is -2.28. The predicted octanol–water partition coefficient (Wildman–Crippen LogP) is 5.34. The van der Waals surface area contributed by atoms with Crippen LogP contribution in [0.4, 0.5) is 29.3 Å². The van der Waals surface area contributed by atoms with Crippen LogP contribution in [0.1, 0.15) is 22.5 Å². The first-order valence-electron chi connectivity index (χ1n) is 12.4. The van der Waals surface area contributed by atoms with E-state index in [4.69, 9.17) is 30.9 Å². The number of hydrogen-bond donors (Lipinski definition) is 4. The molecule has 0 bridgehead atoms. The van der Waals surface area contributed by atoms with Gasteiger partial charge in [-0.25, -0.2) is 4.79 Å². The molecule has 1 aromatic heterocycles. The predicted molar refractivity (Wildman–Crippen MR) is 146 cm³/mol. The molecule has 0 atom stereocenters. The van der Waals surface area contributed by atoms with Gasteiger partial charge in [0.25, 0.3) is 5.91 Å². The van der Waals surface area contributed by atoms with Crippen molar-refractivity contribution in [2.24, 2.45) is 0 Å². The van der Waals surface area contributed by atoms with Crippen molar-refractivity contribution >= 4 is 34.9 Å². The number of rotatable bonds is 14. The fourth-order valence-electron chi connectivity index (χ4n) is 3.27. The topological polar surface area (TPSA) is 131 Å². The number of nitrogens with one attached hydrogen (secondary N) is 3. The molecule has 0 aliphatic rings. The number of benzene rings is 2. The Kier molecular flexibility index (Phi) is 12.2. The Morgan fingerprint density at radius 2 is 1.56 bits per heavy atom. The minimum absolute atomic E-state index is 0.0748. The highest BCUT2D eigenvalue weighted by Gasteiger charge is 2.33. The van der Waals surface area contributed by atoms with E-state index in [1.165, 1.54) is 30.5 Å². The van der Waals surface area contributed by atoms with Crippen LogP contribution in [0.2, 0.25) is 5.02 Å². The van der Waals surface area contributed by atoms with Gasteiger partial charge in [-0.15, -0.1) is 0 Å². The maximum Gasteiger partial charge on any atom is 0.417 e. The lowest BCUT2D eigenvalue weighted by molar-refractivity contribution is -0.137. The van der Waals surface area contributed by atoms with Gasteiger partial charge in [-0.1, -0.05) is 11.6 Å². The van der Waals surface area contributed by atoms with E-state index in [1.54, 1.807) is 18.2 Å². The summed E-state index contributed by atoms with van der Waals surface area (Å²) in [6.45, 7) is 1.86. The van der Waals surface area contributed by atoms with E-state index in [9.17, 15) is 22.8 Å². The number of carbonyl (C=O) groups excluding carboxylic acids is 2. The van der Waals surface area contributed by atoms with Crippen LogP contribution in [0.5, 0.6) is 11.5 Å². The summed E-state index contributed by atoms with van der Waals surface area (Å²) in [6.07, 6.45) is -2.67. The Morgan fingerprint density at radius 1 is 0.878 bits per heavy atom. The highest BCUT2D eigenvalue weighted by molar-refractivity contribution is 6.31. The molecule has 0 unspecified atom stereocenters. The summed E-state index contributed by atoms with van der Waals surface area (Å²) in [5.41, 5.74) is -0.643. The molecule has 3 rings (SSSR count). The van der Waals surface area contributed by atoms with Crippen LogP contribution in [-0.2, 0) is 15.7 Å². The number of hydrogen-bond acceptors (Lipinski definition) is 7. The van der Waals surface area contributed by atoms with Crippen molar-refractivity contribution in [2.45, 2.75) is 12.6 Å². The van der Waals surface area contributed by atoms with Gasteiger partial charge < -0.3 is 35.3 Å². The highest BCUT2D eigenvalue weighted by atomic mass is 35.5. The minimum Gasteiger partial charge on any atom is -0.457 e. The van der Waals surface area contributed by atoms with Gasteiger partial charge in [0, 0.05) is 43.4 Å². The van der Waals surface area contributed by atoms with Gasteiger partial charge in [0.1, 0.15) is 17.2 Å². The molecule has 41 heavy (non-hydrogen) atoms. The molecule has 0 saturated carbocycles. The lowest BCUT2D eigenvalue weighted by Gasteiger charge is -2.12. The Balaban J connectivity index is 1.45. The zero-order chi connectivity index (χ0) is 29.7. The molecule has 3 aromatic rings. The smallest absolute Gasteiger partial charge is 0.417 e. The van der Waals surface area contributed by atoms with Crippen LogP contribution < -0.4 is 20.7 Å². The highest BCUT2D eigenvalue weighted by Crippen LogP contribution is 2.36. The van der Waals surface area contributed by atoms with Crippen LogP contribution in [0.3, 0.4) is 0 Å². The van der Waals surface area contributed by atoms with Crippen molar-refractivity contribution < 1.29 is 42.1 Å². The average molecular weight is 597 g/mol. The molecule has 0 saturated heterocycles. The number of aliphatic hydroxyl groups is 1. The molecule has 0 radical (unpaired) electrons. The molecular weight excluding hydrogens is 569 g/mol. The van der Waals surface area contributed by atoms with E-state index < -0.39 is 28.7 Å². The van der Waals surface area contributed by atoms with E-state index in [2.05, 4.69) is 20.9 Å². The van der Waals surface area contributed by atoms with E-state index in [1.807, 2.05) is 0 Å². The van der Waals surface area contributed by atoms with Gasteiger partial charge in [0.15, 0.2) is 0 Å². The maximum absolute atomic E-state index is 13.0. The van der Waals surface area contributed by atoms with Gasteiger partial charge in [0.2, 0.25) is 0 Å². The van der Waals surface area contributed by atoms with E-state index in [0.717, 1.165) is 12.1 Å². The summed E-state index contributed by atoms with van der Waals surface area (Å²) in [5.74, 6) is 0.338. The van der Waals surface area contributed by atoms with Gasteiger partial charge in [-0.05, 0) is 55.0 Å². The van der Waals surface area contributed by atoms with Crippen LogP contribution in [0.25, 0.3) is 0 Å². The van der Waals surface area contributed by atoms with E-state index in [-0.39, 0.29) is 31.1 Å². The fourth-order valence-corrected chi connectivity index (χ4v) is 3.50. The third-order valence-corrected chi connectivity index (χ3v) is 5.52. The second kappa shape index (κ2) is 15.8. The monoisotopic (exact) mass is 596 g/mol. The van der Waals surface area contributed by atoms with Crippen LogP contribution in [0, 0.1) is 0 Å². The standard InChI is InChI=1S/C27H28ClF3N4O6/c28-23-7-4-19(16-22(23)27(29,30)31)35-26(38)34-18-2-5-20(6-3-18)41-21-8-9-32-24(17-21)25(37)33-10-13-40-15-14-39-12-1-11-36/h2-9,16-17,36H,1,10-15H2,(H,33,37)(H2,34,35,38). The summed E-state index contributed by atoms with van der Waals surface area (Å²) < 4.78 is 55.5. The molecule has 2 aromatic carbocycles. The van der Waals surface area contributed by atoms with Gasteiger partial charge in [-0.2, -0.15) is 13.2 Å². The summed E-state index contributed by atoms with van der Waals surface area (Å²) >= 11 is 5.60. The van der Waals surface area contributed by atoms with E-state index >= 15 is 0 Å². The molecule has 0 aliphatic carbocycles. The Morgan fingerprint density at radius 3 is 2.27 bits per heavy atom. The number of anilines is 2. The Bertz CT molecular complexity index is 1290. The van der Waals surface area contributed by atoms with Gasteiger partial charge in [0.05, 0.1) is 30.4 Å². The minimum atomic E-state index is -4.66. The number of nitrogens with zero attached hydrogens (tertiary/aromatic N) is 1. The van der Waals surface area contributed by atoms with E-state index in [0.29, 0.717) is 43.4 Å². The number of ether oxygens (including phenoxy) is 3. The SMILES string of the molecule is O=C(Nc1ccc(Oc2ccnc(C(=O)NCCOCCOCCCO)c2)cc1)Nc1ccc(Cl)c(C(F)(F)F)c1. The first kappa shape index (κ1) is 31.6. The maximum atomic E-state index is 13.0. The Labute approximate surface area is 238 Å². The molecule has 3 amide bonds. The van der Waals surface area contributed by atoms with Crippen LogP contribution >= 0.6 is 11.6 Å². The number of aliphatic hydroxyl groups excluding tert-OH is 1. The van der Waals surface area contributed by atoms with Crippen molar-refractivity contribution in [3.05, 3.63) is 77.1 Å². The molecule has 0 spiro atoms. The number of carbonyl (C=O) groups is 2. The molecule has 14 heteroatoms. The third kappa shape index (κ3) is 10.9. The molecule has 1 heterocycles. The van der Waals surface area contributed by atoms with Crippen molar-refractivity contribution in [2.75, 3.05) is 50.2 Å². The first-order chi connectivity index (χ1) is 19.7. The van der Waals surface area contributed by atoms with Crippen molar-refractivity contribution in [3.8, 4) is 11.5 Å². The number of halogens is 4. The number of aromatic nitrogens is 1. The van der Waals surface area contributed by atoms with Crippen LogP contribution in [0.15, 0.2) is 60.8 Å². The normalized spacial score (nSPS) is 11.1. The zero-order valence-corrected chi connectivity index (χ0v) is 22.4. The fraction of sp³-hybridized carbons (Fsp3) is 0.296. The summed E-state index contributed by atoms with van der Waals surface area (Å²) in [4.78, 5) is 28.7. The third-order valence-electron chi connectivity index (χ3n) is 5.19. The molecule has 0 fully saturated rings. The number of urea groups is 1. The van der Waals surface area contributed by atoms with Crippen molar-refractivity contribution in [1.82, 2.24) is 10.3 Å². The lowest BCUT2D eigenvalue weighted by atomic mass is 10.2. The first-order valence-corrected chi connectivity index (χ1v) is 12.8. The molecule has 4 N–H and O–H groups in total. The number of alkyl halides is 3. The molecule has 10 nitrogen and oxygen atoms in total. The number of pyridine rings is 1. The average Bonchev–Trinajstić information content (AvgIpc) is 2.93. The quantitative estimate of drug-likeness (QED) is 0.185. The molecular formula is C27H28ClF3N4O6. The molecule has 220 valence electrons. The van der Waals surface area contributed by atoms with Gasteiger partial charge in [-0.3, -0.25) is 9.78 Å². The summed E-state index contributed by atoms with van der Waals surface area (Å²) in [6, 6.07) is 11.5. The number of amides is 3. The Hall–Kier alpha value is -3.91. The second-order valence-electron chi connectivity index (χ2n) is 8.33. The summed E-state index contributed by atoms with van der Waals surface area (Å²) in [5, 5.41) is 15.7. The largest absolute Gasteiger partial charge is 0.457 e. The van der Waals surface area contributed by atoms with Gasteiger partial charge >= 0.3 is 12.2 Å². The molecule has 0 aliphatic heterocycles. The zero-order valence-electron chi connectivity index (χ0n) is 21.7. The van der Waals surface area contributed by atoms with Crippen molar-refractivity contribution in [1.29, 1.82) is 0 Å². The second-order valence-corrected chi connectivity index (χ2v) is 8.74.